The van der Waals surface area contributed by atoms with Gasteiger partial charge in [0.25, 0.3) is 0 Å². The van der Waals surface area contributed by atoms with Crippen LogP contribution in [0.1, 0.15) is 0 Å². The van der Waals surface area contributed by atoms with Crippen molar-refractivity contribution in [3.8, 4) is 17.0 Å². The van der Waals surface area contributed by atoms with Gasteiger partial charge < -0.3 is 4.74 Å². The molecule has 1 atom stereocenters. The summed E-state index contributed by atoms with van der Waals surface area (Å²) in [5.74, 6) is 0.877. The van der Waals surface area contributed by atoms with Crippen molar-refractivity contribution in [2.75, 3.05) is 14.2 Å². The van der Waals surface area contributed by atoms with E-state index in [1.807, 2.05) is 6.07 Å². The summed E-state index contributed by atoms with van der Waals surface area (Å²) in [5, 5.41) is 4.50. The van der Waals surface area contributed by atoms with Crippen molar-refractivity contribution in [3.63, 3.8) is 0 Å². The second-order valence-corrected chi connectivity index (χ2v) is 7.27. The molecular weight excluding hydrogens is 344 g/mol. The minimum atomic E-state index is 0.758. The first kappa shape index (κ1) is 15.6. The second kappa shape index (κ2) is 5.44. The summed E-state index contributed by atoms with van der Waals surface area (Å²) in [7, 11) is 6.04. The van der Waals surface area contributed by atoms with E-state index in [0.29, 0.717) is 0 Å². The largest absolute Gasteiger partial charge is 0.497 e. The number of nitrogens with zero attached hydrogens (tertiary/aromatic N) is 1. The third-order valence-electron chi connectivity index (χ3n) is 5.52. The fourth-order valence-corrected chi connectivity index (χ4v) is 4.44. The van der Waals surface area contributed by atoms with E-state index in [9.17, 15) is 0 Å². The first-order valence-corrected chi connectivity index (χ1v) is 9.04. The van der Waals surface area contributed by atoms with Crippen LogP contribution in [0.15, 0.2) is 54.6 Å². The normalized spacial score (nSPS) is 15.3. The number of ether oxygens (including phenoxy) is 1. The Morgan fingerprint density at radius 3 is 2.58 bits per heavy atom. The Bertz CT molecular complexity index is 1220. The summed E-state index contributed by atoms with van der Waals surface area (Å²) < 4.78 is 7.92. The zero-order chi connectivity index (χ0) is 18.0. The second-order valence-electron chi connectivity index (χ2n) is 6.84. The van der Waals surface area contributed by atoms with Crippen LogP contribution in [-0.2, 0) is 7.05 Å². The number of aromatic nitrogens is 1. The van der Waals surface area contributed by atoms with Gasteiger partial charge in [-0.3, -0.25) is 4.90 Å². The maximum atomic E-state index is 6.32. The van der Waals surface area contributed by atoms with Gasteiger partial charge in [-0.25, -0.2) is 0 Å². The van der Waals surface area contributed by atoms with Crippen LogP contribution in [0.3, 0.4) is 0 Å². The summed E-state index contributed by atoms with van der Waals surface area (Å²) in [5.41, 5.74) is 6.06. The molecule has 1 unspecified atom stereocenters. The highest BCUT2D eigenvalue weighted by atomic mass is 35.5. The predicted octanol–water partition coefficient (Wildman–Crippen LogP) is 3.94. The first-order valence-electron chi connectivity index (χ1n) is 8.67. The van der Waals surface area contributed by atoms with E-state index in [4.69, 9.17) is 16.3 Å². The number of rotatable bonds is 1. The molecule has 0 spiro atoms. The van der Waals surface area contributed by atoms with Crippen LogP contribution in [0.25, 0.3) is 32.9 Å². The van der Waals surface area contributed by atoms with Gasteiger partial charge in [0, 0.05) is 28.6 Å². The topological polar surface area (TPSA) is 17.6 Å². The predicted molar refractivity (Wildman–Crippen MR) is 106 cm³/mol. The van der Waals surface area contributed by atoms with Crippen LogP contribution in [0.5, 0.6) is 5.75 Å². The molecule has 1 aliphatic heterocycles. The maximum absolute atomic E-state index is 6.32. The number of hydrogen-bond acceptors (Lipinski definition) is 1. The molecule has 1 aromatic heterocycles. The van der Waals surface area contributed by atoms with E-state index >= 15 is 0 Å². The molecule has 2 heterocycles. The van der Waals surface area contributed by atoms with Gasteiger partial charge >= 0.3 is 0 Å². The molecule has 128 valence electrons. The number of benzene rings is 3. The number of methoxy groups -OCH3 is 1. The monoisotopic (exact) mass is 362 g/mol. The van der Waals surface area contributed by atoms with Gasteiger partial charge in [-0.2, -0.15) is 4.57 Å². The Morgan fingerprint density at radius 2 is 1.77 bits per heavy atom. The Morgan fingerprint density at radius 1 is 0.962 bits per heavy atom. The number of para-hydroxylation sites is 1. The molecule has 3 nitrogen and oxygen atoms in total. The molecule has 1 N–H and O–H groups in total. The van der Waals surface area contributed by atoms with E-state index < -0.39 is 0 Å². The highest BCUT2D eigenvalue weighted by molar-refractivity contribution is 6.31. The van der Waals surface area contributed by atoms with Gasteiger partial charge in [0.15, 0.2) is 11.4 Å². The van der Waals surface area contributed by atoms with Crippen LogP contribution < -0.4 is 14.2 Å². The Kier molecular flexibility index (Phi) is 3.27. The average molecular weight is 363 g/mol. The highest BCUT2D eigenvalue weighted by Gasteiger charge is 2.35. The SMILES string of the molecule is COc1cc2c3c([n+](C)c4ccccc4c3c1)-c1ccc(Cl)cc1[NH+]2C. The van der Waals surface area contributed by atoms with Crippen LogP contribution in [-0.4, -0.2) is 14.2 Å². The van der Waals surface area contributed by atoms with Crippen LogP contribution in [0.2, 0.25) is 5.02 Å². The number of fused-ring (bicyclic) bond motifs is 4. The van der Waals surface area contributed by atoms with Crippen molar-refractivity contribution in [3.05, 3.63) is 59.6 Å². The molecule has 0 aliphatic carbocycles. The molecule has 0 amide bonds. The molecule has 0 saturated heterocycles. The van der Waals surface area contributed by atoms with Gasteiger partial charge in [0.2, 0.25) is 11.2 Å². The van der Waals surface area contributed by atoms with Crippen molar-refractivity contribution in [1.29, 1.82) is 0 Å². The number of aryl methyl sites for hydroxylation is 1. The van der Waals surface area contributed by atoms with E-state index in [1.54, 1.807) is 7.11 Å². The van der Waals surface area contributed by atoms with Crippen molar-refractivity contribution in [2.45, 2.75) is 0 Å². The Balaban J connectivity index is 2.08. The highest BCUT2D eigenvalue weighted by Crippen LogP contribution is 2.42. The fraction of sp³-hybridized carbons (Fsp3) is 0.136. The van der Waals surface area contributed by atoms with Crippen molar-refractivity contribution in [2.24, 2.45) is 7.05 Å². The summed E-state index contributed by atoms with van der Waals surface area (Å²) in [6.45, 7) is 0. The van der Waals surface area contributed by atoms with Gasteiger partial charge in [-0.15, -0.1) is 0 Å². The number of halogens is 1. The van der Waals surface area contributed by atoms with Crippen LogP contribution in [0, 0.1) is 0 Å². The molecule has 3 aromatic carbocycles. The van der Waals surface area contributed by atoms with Gasteiger partial charge in [0.05, 0.1) is 19.5 Å². The standard InChI is InChI=1S/C22H18ClN2O/c1-24-19-10-13(23)8-9-16(19)22-21-17(11-14(26-3)12-20(21)24)15-6-4-5-7-18(15)25(22)2/h4-12H,1-3H3/q+1/p+1. The molecule has 1 aliphatic rings. The summed E-state index contributed by atoms with van der Waals surface area (Å²) in [6.07, 6.45) is 0. The van der Waals surface area contributed by atoms with Gasteiger partial charge in [-0.1, -0.05) is 23.7 Å². The first-order chi connectivity index (χ1) is 12.6. The maximum Gasteiger partial charge on any atom is 0.232 e. The summed E-state index contributed by atoms with van der Waals surface area (Å²) in [4.78, 5) is 1.23. The lowest BCUT2D eigenvalue weighted by molar-refractivity contribution is -0.734. The number of pyridine rings is 1. The zero-order valence-electron chi connectivity index (χ0n) is 14.9. The quantitative estimate of drug-likeness (QED) is 0.401. The summed E-state index contributed by atoms with van der Waals surface area (Å²) in [6, 6.07) is 19.0. The molecule has 0 saturated carbocycles. The zero-order valence-corrected chi connectivity index (χ0v) is 15.7. The van der Waals surface area contributed by atoms with Crippen molar-refractivity contribution >= 4 is 44.7 Å². The molecule has 4 heteroatoms. The number of hydrogen-bond donors (Lipinski definition) is 1. The van der Waals surface area contributed by atoms with Crippen molar-refractivity contribution in [1.82, 2.24) is 0 Å². The van der Waals surface area contributed by atoms with E-state index in [0.717, 1.165) is 10.8 Å². The third kappa shape index (κ3) is 1.96. The van der Waals surface area contributed by atoms with Gasteiger partial charge in [0.1, 0.15) is 23.7 Å². The minimum absolute atomic E-state index is 0.758. The molecular formula is C22H19ClN2O+2. The lowest BCUT2D eigenvalue weighted by Gasteiger charge is -2.24. The smallest absolute Gasteiger partial charge is 0.232 e. The van der Waals surface area contributed by atoms with E-state index in [1.165, 1.54) is 49.2 Å². The van der Waals surface area contributed by atoms with E-state index in [-0.39, 0.29) is 0 Å². The molecule has 0 bridgehead atoms. The number of quaternary nitrogens is 1. The lowest BCUT2D eigenvalue weighted by atomic mass is 9.93. The molecule has 5 rings (SSSR count). The summed E-state index contributed by atoms with van der Waals surface area (Å²) >= 11 is 6.32. The van der Waals surface area contributed by atoms with Crippen LogP contribution in [0.4, 0.5) is 11.4 Å². The fourth-order valence-electron chi connectivity index (χ4n) is 4.27. The lowest BCUT2D eigenvalue weighted by Crippen LogP contribution is -2.99. The minimum Gasteiger partial charge on any atom is -0.497 e. The molecule has 0 fully saturated rings. The molecule has 0 radical (unpaired) electrons. The molecule has 26 heavy (non-hydrogen) atoms. The van der Waals surface area contributed by atoms with Crippen molar-refractivity contribution < 1.29 is 14.2 Å². The van der Waals surface area contributed by atoms with E-state index in [2.05, 4.69) is 67.2 Å². The Hall–Kier alpha value is -2.62. The number of nitrogens with one attached hydrogen (secondary N) is 1. The third-order valence-corrected chi connectivity index (χ3v) is 5.76. The Labute approximate surface area is 157 Å². The average Bonchev–Trinajstić information content (AvgIpc) is 2.67. The van der Waals surface area contributed by atoms with Gasteiger partial charge in [-0.05, 0) is 24.3 Å². The van der Waals surface area contributed by atoms with Crippen LogP contribution >= 0.6 is 11.6 Å². The molecule has 4 aromatic rings.